The van der Waals surface area contributed by atoms with E-state index in [0.717, 1.165) is 28.4 Å². The minimum absolute atomic E-state index is 0.0259. The second kappa shape index (κ2) is 7.28. The van der Waals surface area contributed by atoms with Crippen molar-refractivity contribution in [3.8, 4) is 17.2 Å². The molecule has 2 aromatic rings. The van der Waals surface area contributed by atoms with Gasteiger partial charge in [0.05, 0.1) is 13.2 Å². The zero-order chi connectivity index (χ0) is 18.7. The first kappa shape index (κ1) is 18.1. The number of benzene rings is 2. The maximum atomic E-state index is 12.5. The summed E-state index contributed by atoms with van der Waals surface area (Å²) in [7, 11) is 1.62. The molecule has 0 saturated carbocycles. The molecule has 1 aliphatic rings. The van der Waals surface area contributed by atoms with Crippen LogP contribution in [-0.4, -0.2) is 25.2 Å². The molecular weight excluding hydrogens is 330 g/mol. The SMILES string of the molecule is COc1ccc2c(c1)[C@H](NC(=O)COc1ccccc1C)CC(C)(C)O2. The van der Waals surface area contributed by atoms with Crippen LogP contribution in [0, 0.1) is 6.92 Å². The van der Waals surface area contributed by atoms with Gasteiger partial charge in [0.2, 0.25) is 0 Å². The van der Waals surface area contributed by atoms with E-state index < -0.39 is 0 Å². The highest BCUT2D eigenvalue weighted by molar-refractivity contribution is 5.78. The van der Waals surface area contributed by atoms with E-state index in [-0.39, 0.29) is 24.2 Å². The van der Waals surface area contributed by atoms with Gasteiger partial charge in [-0.2, -0.15) is 0 Å². The molecule has 0 fully saturated rings. The summed E-state index contributed by atoms with van der Waals surface area (Å²) >= 11 is 0. The van der Waals surface area contributed by atoms with Crippen LogP contribution < -0.4 is 19.5 Å². The molecule has 0 radical (unpaired) electrons. The number of carbonyl (C=O) groups is 1. The monoisotopic (exact) mass is 355 g/mol. The van der Waals surface area contributed by atoms with E-state index in [2.05, 4.69) is 5.32 Å². The molecule has 0 bridgehead atoms. The van der Waals surface area contributed by atoms with Crippen LogP contribution >= 0.6 is 0 Å². The average Bonchev–Trinajstić information content (AvgIpc) is 2.60. The second-order valence-electron chi connectivity index (χ2n) is 7.14. The Morgan fingerprint density at radius 3 is 2.77 bits per heavy atom. The zero-order valence-corrected chi connectivity index (χ0v) is 15.7. The van der Waals surface area contributed by atoms with Gasteiger partial charge in [-0.05, 0) is 50.6 Å². The summed E-state index contributed by atoms with van der Waals surface area (Å²) in [5.74, 6) is 2.07. The number of carbonyl (C=O) groups excluding carboxylic acids is 1. The van der Waals surface area contributed by atoms with E-state index >= 15 is 0 Å². The number of hydrogen-bond acceptors (Lipinski definition) is 4. The Morgan fingerprint density at radius 2 is 2.04 bits per heavy atom. The molecule has 5 heteroatoms. The lowest BCUT2D eigenvalue weighted by Crippen LogP contribution is -2.42. The van der Waals surface area contributed by atoms with Crippen LogP contribution in [0.3, 0.4) is 0 Å². The molecule has 1 atom stereocenters. The van der Waals surface area contributed by atoms with Gasteiger partial charge in [0.1, 0.15) is 22.8 Å². The third-order valence-electron chi connectivity index (χ3n) is 4.46. The van der Waals surface area contributed by atoms with Crippen LogP contribution in [0.4, 0.5) is 0 Å². The van der Waals surface area contributed by atoms with Crippen LogP contribution in [-0.2, 0) is 4.79 Å². The number of ether oxygens (including phenoxy) is 3. The van der Waals surface area contributed by atoms with Crippen LogP contribution in [0.5, 0.6) is 17.2 Å². The Kier molecular flexibility index (Phi) is 5.07. The Labute approximate surface area is 154 Å². The third kappa shape index (κ3) is 4.10. The summed E-state index contributed by atoms with van der Waals surface area (Å²) in [6.07, 6.45) is 0.670. The molecule has 0 saturated heterocycles. The van der Waals surface area contributed by atoms with Crippen molar-refractivity contribution in [1.29, 1.82) is 0 Å². The predicted octanol–water partition coefficient (Wildman–Crippen LogP) is 3.80. The first-order valence-electron chi connectivity index (χ1n) is 8.73. The van der Waals surface area contributed by atoms with E-state index in [9.17, 15) is 4.79 Å². The van der Waals surface area contributed by atoms with Gasteiger partial charge in [0, 0.05) is 12.0 Å². The Balaban J connectivity index is 1.72. The van der Waals surface area contributed by atoms with Crippen molar-refractivity contribution < 1.29 is 19.0 Å². The fourth-order valence-electron chi connectivity index (χ4n) is 3.19. The maximum Gasteiger partial charge on any atom is 0.258 e. The van der Waals surface area contributed by atoms with Crippen molar-refractivity contribution >= 4 is 5.91 Å². The van der Waals surface area contributed by atoms with Crippen LogP contribution in [0.25, 0.3) is 0 Å². The predicted molar refractivity (Wildman–Crippen MR) is 99.9 cm³/mol. The lowest BCUT2D eigenvalue weighted by Gasteiger charge is -2.38. The van der Waals surface area contributed by atoms with Gasteiger partial charge in [0.15, 0.2) is 6.61 Å². The lowest BCUT2D eigenvalue weighted by molar-refractivity contribution is -0.124. The fraction of sp³-hybridized carbons (Fsp3) is 0.381. The van der Waals surface area contributed by atoms with Gasteiger partial charge < -0.3 is 19.5 Å². The summed E-state index contributed by atoms with van der Waals surface area (Å²) < 4.78 is 17.0. The molecule has 1 aliphatic heterocycles. The number of fused-ring (bicyclic) bond motifs is 1. The van der Waals surface area contributed by atoms with Crippen molar-refractivity contribution in [3.05, 3.63) is 53.6 Å². The number of para-hydroxylation sites is 1. The molecular formula is C21H25NO4. The summed E-state index contributed by atoms with van der Waals surface area (Å²) in [5.41, 5.74) is 1.56. The van der Waals surface area contributed by atoms with Gasteiger partial charge in [-0.3, -0.25) is 4.79 Å². The number of methoxy groups -OCH3 is 1. The molecule has 0 aliphatic carbocycles. The molecule has 138 valence electrons. The smallest absolute Gasteiger partial charge is 0.258 e. The van der Waals surface area contributed by atoms with E-state index in [1.54, 1.807) is 7.11 Å². The standard InChI is InChI=1S/C21H25NO4/c1-14-7-5-6-8-18(14)25-13-20(23)22-17-12-21(2,3)26-19-10-9-15(24-4)11-16(17)19/h5-11,17H,12-13H2,1-4H3,(H,22,23)/t17-/m1/s1. The molecule has 0 unspecified atom stereocenters. The first-order valence-corrected chi connectivity index (χ1v) is 8.73. The minimum Gasteiger partial charge on any atom is -0.497 e. The number of aryl methyl sites for hydroxylation is 1. The molecule has 1 N–H and O–H groups in total. The van der Waals surface area contributed by atoms with Crippen molar-refractivity contribution in [2.45, 2.75) is 38.8 Å². The second-order valence-corrected chi connectivity index (χ2v) is 7.14. The van der Waals surface area contributed by atoms with Gasteiger partial charge >= 0.3 is 0 Å². The summed E-state index contributed by atoms with van der Waals surface area (Å²) in [6.45, 7) is 5.96. The topological polar surface area (TPSA) is 56.8 Å². The zero-order valence-electron chi connectivity index (χ0n) is 15.7. The molecule has 1 amide bonds. The van der Waals surface area contributed by atoms with Crippen molar-refractivity contribution in [1.82, 2.24) is 5.32 Å². The number of amides is 1. The van der Waals surface area contributed by atoms with E-state index in [0.29, 0.717) is 6.42 Å². The molecule has 1 heterocycles. The number of rotatable bonds is 5. The Bertz CT molecular complexity index is 800. The minimum atomic E-state index is -0.365. The van der Waals surface area contributed by atoms with Crippen LogP contribution in [0.1, 0.15) is 37.4 Å². The Hall–Kier alpha value is -2.69. The molecule has 2 aromatic carbocycles. The Morgan fingerprint density at radius 1 is 1.27 bits per heavy atom. The third-order valence-corrected chi connectivity index (χ3v) is 4.46. The van der Waals surface area contributed by atoms with Crippen molar-refractivity contribution in [3.63, 3.8) is 0 Å². The maximum absolute atomic E-state index is 12.5. The number of nitrogens with one attached hydrogen (secondary N) is 1. The van der Waals surface area contributed by atoms with E-state index in [1.807, 2.05) is 63.2 Å². The molecule has 3 rings (SSSR count). The van der Waals surface area contributed by atoms with Crippen LogP contribution in [0.15, 0.2) is 42.5 Å². The highest BCUT2D eigenvalue weighted by Crippen LogP contribution is 2.41. The highest BCUT2D eigenvalue weighted by Gasteiger charge is 2.34. The van der Waals surface area contributed by atoms with E-state index in [4.69, 9.17) is 14.2 Å². The van der Waals surface area contributed by atoms with E-state index in [1.165, 1.54) is 0 Å². The van der Waals surface area contributed by atoms with Gasteiger partial charge in [-0.25, -0.2) is 0 Å². The average molecular weight is 355 g/mol. The van der Waals surface area contributed by atoms with Gasteiger partial charge in [0.25, 0.3) is 5.91 Å². The molecule has 0 spiro atoms. The van der Waals surface area contributed by atoms with Crippen LogP contribution in [0.2, 0.25) is 0 Å². The normalized spacial score (nSPS) is 17.6. The summed E-state index contributed by atoms with van der Waals surface area (Å²) in [4.78, 5) is 12.5. The lowest BCUT2D eigenvalue weighted by atomic mass is 9.89. The number of hydrogen-bond donors (Lipinski definition) is 1. The summed E-state index contributed by atoms with van der Waals surface area (Å²) in [6, 6.07) is 13.2. The molecule has 5 nitrogen and oxygen atoms in total. The highest BCUT2D eigenvalue weighted by atomic mass is 16.5. The quantitative estimate of drug-likeness (QED) is 0.886. The van der Waals surface area contributed by atoms with Crippen molar-refractivity contribution in [2.24, 2.45) is 0 Å². The molecule has 0 aromatic heterocycles. The molecule has 26 heavy (non-hydrogen) atoms. The van der Waals surface area contributed by atoms with Gasteiger partial charge in [-0.1, -0.05) is 18.2 Å². The summed E-state index contributed by atoms with van der Waals surface area (Å²) in [5, 5.41) is 3.07. The first-order chi connectivity index (χ1) is 12.4. The van der Waals surface area contributed by atoms with Crippen molar-refractivity contribution in [2.75, 3.05) is 13.7 Å². The van der Waals surface area contributed by atoms with Gasteiger partial charge in [-0.15, -0.1) is 0 Å². The fourth-order valence-corrected chi connectivity index (χ4v) is 3.19. The largest absolute Gasteiger partial charge is 0.497 e.